The highest BCUT2D eigenvalue weighted by Gasteiger charge is 2.24. The number of carbonyl (C=O) groups is 2. The molecule has 2 aromatic rings. The number of aromatic hydroxyl groups is 1. The Labute approximate surface area is 159 Å². The third-order valence-electron chi connectivity index (χ3n) is 3.83. The monoisotopic (exact) mass is 384 g/mol. The van der Waals surface area contributed by atoms with E-state index in [9.17, 15) is 14.7 Å². The predicted molar refractivity (Wildman–Crippen MR) is 104 cm³/mol. The van der Waals surface area contributed by atoms with E-state index in [-0.39, 0.29) is 17.2 Å². The number of hydrogen-bond donors (Lipinski definition) is 3. The molecular formula is C19H16N2O5S. The number of rotatable bonds is 4. The average Bonchev–Trinajstić information content (AvgIpc) is 2.97. The minimum absolute atomic E-state index is 0.0132. The van der Waals surface area contributed by atoms with Gasteiger partial charge in [0.25, 0.3) is 5.91 Å². The molecule has 1 aliphatic rings. The van der Waals surface area contributed by atoms with Crippen LogP contribution in [0.5, 0.6) is 11.5 Å². The predicted octanol–water partition coefficient (Wildman–Crippen LogP) is 3.30. The fourth-order valence-electron chi connectivity index (χ4n) is 2.39. The van der Waals surface area contributed by atoms with Crippen LogP contribution in [0.4, 0.5) is 5.69 Å². The maximum Gasteiger partial charge on any atom is 0.335 e. The zero-order chi connectivity index (χ0) is 19.6. The van der Waals surface area contributed by atoms with Crippen molar-refractivity contribution in [2.75, 3.05) is 7.11 Å². The van der Waals surface area contributed by atoms with E-state index in [4.69, 9.17) is 9.84 Å². The van der Waals surface area contributed by atoms with Crippen LogP contribution >= 0.6 is 11.8 Å². The van der Waals surface area contributed by atoms with Gasteiger partial charge < -0.3 is 20.3 Å². The molecule has 138 valence electrons. The number of hydrogen-bond acceptors (Lipinski definition) is 6. The second kappa shape index (κ2) is 7.55. The average molecular weight is 384 g/mol. The molecule has 1 fully saturated rings. The van der Waals surface area contributed by atoms with Gasteiger partial charge >= 0.3 is 5.97 Å². The summed E-state index contributed by atoms with van der Waals surface area (Å²) in [6, 6.07) is 9.40. The Morgan fingerprint density at radius 3 is 2.74 bits per heavy atom. The third-order valence-corrected chi connectivity index (χ3v) is 4.74. The van der Waals surface area contributed by atoms with Crippen LogP contribution in [0.15, 0.2) is 46.3 Å². The molecule has 1 heterocycles. The molecule has 0 unspecified atom stereocenters. The molecule has 2 aromatic carbocycles. The lowest BCUT2D eigenvalue weighted by molar-refractivity contribution is -0.115. The van der Waals surface area contributed by atoms with Crippen molar-refractivity contribution in [1.82, 2.24) is 5.32 Å². The topological polar surface area (TPSA) is 108 Å². The number of ether oxygens (including phenoxy) is 1. The van der Waals surface area contributed by atoms with E-state index in [0.717, 1.165) is 17.3 Å². The minimum Gasteiger partial charge on any atom is -0.504 e. The summed E-state index contributed by atoms with van der Waals surface area (Å²) in [6.07, 6.45) is 1.66. The number of phenols is 1. The van der Waals surface area contributed by atoms with Gasteiger partial charge in [0.2, 0.25) is 0 Å². The summed E-state index contributed by atoms with van der Waals surface area (Å²) >= 11 is 1.15. The van der Waals surface area contributed by atoms with Gasteiger partial charge in [0.1, 0.15) is 0 Å². The fourth-order valence-corrected chi connectivity index (χ4v) is 3.22. The summed E-state index contributed by atoms with van der Waals surface area (Å²) in [6.45, 7) is 1.81. The molecule has 1 aliphatic heterocycles. The van der Waals surface area contributed by atoms with Crippen LogP contribution in [0.3, 0.4) is 0 Å². The van der Waals surface area contributed by atoms with Crippen molar-refractivity contribution >= 4 is 40.6 Å². The molecule has 1 saturated heterocycles. The van der Waals surface area contributed by atoms with E-state index in [1.54, 1.807) is 24.3 Å². The summed E-state index contributed by atoms with van der Waals surface area (Å²) in [5.74, 6) is -1.03. The highest BCUT2D eigenvalue weighted by molar-refractivity contribution is 8.18. The first-order valence-corrected chi connectivity index (χ1v) is 8.69. The summed E-state index contributed by atoms with van der Waals surface area (Å²) < 4.78 is 5.06. The van der Waals surface area contributed by atoms with Crippen molar-refractivity contribution in [3.8, 4) is 11.5 Å². The number of nitrogens with zero attached hydrogens (tertiary/aromatic N) is 1. The number of amidine groups is 1. The highest BCUT2D eigenvalue weighted by Crippen LogP contribution is 2.32. The lowest BCUT2D eigenvalue weighted by atomic mass is 10.1. The van der Waals surface area contributed by atoms with Gasteiger partial charge in [0, 0.05) is 0 Å². The summed E-state index contributed by atoms with van der Waals surface area (Å²) in [5, 5.41) is 21.8. The molecule has 0 bridgehead atoms. The molecule has 3 rings (SSSR count). The molecule has 1 amide bonds. The van der Waals surface area contributed by atoms with E-state index in [2.05, 4.69) is 10.3 Å². The summed E-state index contributed by atoms with van der Waals surface area (Å²) in [7, 11) is 1.45. The van der Waals surface area contributed by atoms with E-state index in [0.29, 0.717) is 27.1 Å². The molecule has 7 nitrogen and oxygen atoms in total. The van der Waals surface area contributed by atoms with Gasteiger partial charge in [0.05, 0.1) is 23.3 Å². The third kappa shape index (κ3) is 4.12. The standard InChI is InChI=1S/C19H16N2O5S/c1-10-3-5-12(18(24)25)9-13(10)20-19-21-17(23)16(27-19)8-11-4-6-14(22)15(7-11)26-2/h3-9,22H,1-2H3,(H,24,25)(H,20,21,23)/b16-8-. The molecule has 8 heteroatoms. The number of nitrogens with one attached hydrogen (secondary N) is 1. The van der Waals surface area contributed by atoms with Crippen molar-refractivity contribution in [3.63, 3.8) is 0 Å². The van der Waals surface area contributed by atoms with Gasteiger partial charge in [-0.25, -0.2) is 9.79 Å². The number of carboxylic acid groups (broad SMARTS) is 1. The highest BCUT2D eigenvalue weighted by atomic mass is 32.2. The van der Waals surface area contributed by atoms with Gasteiger partial charge in [0.15, 0.2) is 16.7 Å². The number of carboxylic acids is 1. The molecule has 0 atom stereocenters. The number of amides is 1. The van der Waals surface area contributed by atoms with Gasteiger partial charge in [-0.2, -0.15) is 0 Å². The van der Waals surface area contributed by atoms with Crippen LogP contribution in [0.2, 0.25) is 0 Å². The first-order valence-electron chi connectivity index (χ1n) is 7.88. The van der Waals surface area contributed by atoms with Crippen molar-refractivity contribution in [1.29, 1.82) is 0 Å². The van der Waals surface area contributed by atoms with E-state index >= 15 is 0 Å². The van der Waals surface area contributed by atoms with E-state index in [1.165, 1.54) is 25.3 Å². The van der Waals surface area contributed by atoms with Crippen molar-refractivity contribution in [2.24, 2.45) is 4.99 Å². The first-order chi connectivity index (χ1) is 12.9. The van der Waals surface area contributed by atoms with Gasteiger partial charge in [-0.1, -0.05) is 12.1 Å². The zero-order valence-electron chi connectivity index (χ0n) is 14.5. The lowest BCUT2D eigenvalue weighted by Crippen LogP contribution is -2.19. The largest absolute Gasteiger partial charge is 0.504 e. The maximum atomic E-state index is 12.2. The van der Waals surface area contributed by atoms with Crippen molar-refractivity contribution in [3.05, 3.63) is 58.0 Å². The minimum atomic E-state index is -1.04. The number of aryl methyl sites for hydroxylation is 1. The zero-order valence-corrected chi connectivity index (χ0v) is 15.3. The second-order valence-corrected chi connectivity index (χ2v) is 6.75. The van der Waals surface area contributed by atoms with E-state index < -0.39 is 5.97 Å². The Morgan fingerprint density at radius 1 is 1.26 bits per heavy atom. The molecule has 0 spiro atoms. The number of benzene rings is 2. The Hall–Kier alpha value is -3.26. The van der Waals surface area contributed by atoms with Crippen LogP contribution in [-0.4, -0.2) is 34.4 Å². The van der Waals surface area contributed by atoms with Gasteiger partial charge in [-0.3, -0.25) is 4.79 Å². The molecule has 27 heavy (non-hydrogen) atoms. The molecule has 0 radical (unpaired) electrons. The van der Waals surface area contributed by atoms with Crippen LogP contribution in [0.1, 0.15) is 21.5 Å². The normalized spacial score (nSPS) is 16.6. The Bertz CT molecular complexity index is 998. The van der Waals surface area contributed by atoms with Crippen LogP contribution in [-0.2, 0) is 4.79 Å². The van der Waals surface area contributed by atoms with Crippen LogP contribution < -0.4 is 10.1 Å². The number of phenolic OH excluding ortho intramolecular Hbond substituents is 1. The summed E-state index contributed by atoms with van der Waals surface area (Å²) in [5.41, 5.74) is 2.09. The molecule has 0 saturated carbocycles. The maximum absolute atomic E-state index is 12.2. The Kier molecular flexibility index (Phi) is 5.18. The fraction of sp³-hybridized carbons (Fsp3) is 0.105. The lowest BCUT2D eigenvalue weighted by Gasteiger charge is -2.04. The Morgan fingerprint density at radius 2 is 2.04 bits per heavy atom. The van der Waals surface area contributed by atoms with Crippen molar-refractivity contribution < 1.29 is 24.5 Å². The van der Waals surface area contributed by atoms with Crippen molar-refractivity contribution in [2.45, 2.75) is 6.92 Å². The summed E-state index contributed by atoms with van der Waals surface area (Å²) in [4.78, 5) is 28.1. The smallest absolute Gasteiger partial charge is 0.335 e. The SMILES string of the molecule is COc1cc(/C=C2\SC(=Nc3cc(C(=O)O)ccc3C)NC2=O)ccc1O. The second-order valence-electron chi connectivity index (χ2n) is 5.72. The molecular weight excluding hydrogens is 368 g/mol. The Balaban J connectivity index is 1.88. The van der Waals surface area contributed by atoms with E-state index in [1.807, 2.05) is 6.92 Å². The van der Waals surface area contributed by atoms with Gasteiger partial charge in [-0.15, -0.1) is 0 Å². The molecule has 0 aliphatic carbocycles. The molecule has 0 aromatic heterocycles. The number of carbonyl (C=O) groups excluding carboxylic acids is 1. The number of thioether (sulfide) groups is 1. The molecule has 3 N–H and O–H groups in total. The van der Waals surface area contributed by atoms with Crippen LogP contribution in [0, 0.1) is 6.92 Å². The van der Waals surface area contributed by atoms with Gasteiger partial charge in [-0.05, 0) is 60.2 Å². The quantitative estimate of drug-likeness (QED) is 0.698. The number of aliphatic imine (C=N–C) groups is 1. The number of aromatic carboxylic acids is 1. The van der Waals surface area contributed by atoms with Crippen LogP contribution in [0.25, 0.3) is 6.08 Å². The number of methoxy groups -OCH3 is 1. The first kappa shape index (κ1) is 18.5.